The van der Waals surface area contributed by atoms with Crippen LogP contribution in [-0.2, 0) is 0 Å². The van der Waals surface area contributed by atoms with E-state index in [0.717, 1.165) is 5.69 Å². The molecule has 0 N–H and O–H groups in total. The molecule has 0 spiro atoms. The summed E-state index contributed by atoms with van der Waals surface area (Å²) in [5, 5.41) is 8.20. The van der Waals surface area contributed by atoms with Gasteiger partial charge in [0.25, 0.3) is 5.88 Å². The molecule has 20 heavy (non-hydrogen) atoms. The van der Waals surface area contributed by atoms with Gasteiger partial charge >= 0.3 is 0 Å². The van der Waals surface area contributed by atoms with Crippen molar-refractivity contribution >= 4 is 6.08 Å². The molecule has 0 radical (unpaired) electrons. The molecule has 102 valence electrons. The third-order valence-corrected chi connectivity index (χ3v) is 2.78. The lowest BCUT2D eigenvalue weighted by Crippen LogP contribution is -2.03. The van der Waals surface area contributed by atoms with Crippen molar-refractivity contribution in [3.05, 3.63) is 42.1 Å². The summed E-state index contributed by atoms with van der Waals surface area (Å²) >= 11 is 0. The van der Waals surface area contributed by atoms with Gasteiger partial charge in [-0.25, -0.2) is 0 Å². The van der Waals surface area contributed by atoms with Gasteiger partial charge in [0.05, 0.1) is 5.69 Å². The van der Waals surface area contributed by atoms with Crippen molar-refractivity contribution in [2.45, 2.75) is 20.8 Å². The molecule has 0 atom stereocenters. The van der Waals surface area contributed by atoms with Crippen molar-refractivity contribution in [1.82, 2.24) is 10.2 Å². The van der Waals surface area contributed by atoms with E-state index in [1.165, 1.54) is 0 Å². The summed E-state index contributed by atoms with van der Waals surface area (Å²) in [6, 6.07) is 9.33. The van der Waals surface area contributed by atoms with Crippen molar-refractivity contribution in [3.63, 3.8) is 0 Å². The van der Waals surface area contributed by atoms with Crippen molar-refractivity contribution < 1.29 is 9.47 Å². The number of hydrogen-bond donors (Lipinski definition) is 0. The van der Waals surface area contributed by atoms with Gasteiger partial charge in [0.15, 0.2) is 17.2 Å². The number of allylic oxidation sites excluding steroid dienone is 1. The van der Waals surface area contributed by atoms with Crippen LogP contribution in [0.25, 0.3) is 6.08 Å². The Bertz CT molecular complexity index is 672. The van der Waals surface area contributed by atoms with Crippen molar-refractivity contribution in [1.29, 1.82) is 0 Å². The van der Waals surface area contributed by atoms with Gasteiger partial charge in [-0.15, -0.1) is 10.2 Å². The highest BCUT2D eigenvalue weighted by Crippen LogP contribution is 2.43. The second kappa shape index (κ2) is 4.63. The number of benzene rings is 1. The lowest BCUT2D eigenvalue weighted by Gasteiger charge is -2.18. The van der Waals surface area contributed by atoms with Gasteiger partial charge in [-0.3, -0.25) is 0 Å². The monoisotopic (exact) mass is 268 g/mol. The predicted molar refractivity (Wildman–Crippen MR) is 77.1 cm³/mol. The zero-order valence-electron chi connectivity index (χ0n) is 11.8. The minimum Gasteiger partial charge on any atom is -0.448 e. The SMILES string of the molecule is CC(C)(C)/C=C/c1cc2c(nn1)Oc1ccccc1O2. The molecule has 3 rings (SSSR count). The van der Waals surface area contributed by atoms with E-state index in [1.54, 1.807) is 0 Å². The van der Waals surface area contributed by atoms with Crippen LogP contribution in [0.15, 0.2) is 36.4 Å². The van der Waals surface area contributed by atoms with Crippen LogP contribution >= 0.6 is 0 Å². The Balaban J connectivity index is 1.90. The highest BCUT2D eigenvalue weighted by atomic mass is 16.6. The number of para-hydroxylation sites is 2. The van der Waals surface area contributed by atoms with Crippen LogP contribution in [-0.4, -0.2) is 10.2 Å². The second-order valence-electron chi connectivity index (χ2n) is 5.79. The van der Waals surface area contributed by atoms with Gasteiger partial charge < -0.3 is 9.47 Å². The van der Waals surface area contributed by atoms with Gasteiger partial charge in [-0.2, -0.15) is 0 Å². The fourth-order valence-corrected chi connectivity index (χ4v) is 1.78. The summed E-state index contributed by atoms with van der Waals surface area (Å²) in [5.74, 6) is 2.34. The molecule has 0 fully saturated rings. The van der Waals surface area contributed by atoms with Crippen LogP contribution in [0.5, 0.6) is 23.1 Å². The van der Waals surface area contributed by atoms with Crippen LogP contribution in [0.4, 0.5) is 0 Å². The summed E-state index contributed by atoms with van der Waals surface area (Å²) < 4.78 is 11.4. The molecule has 1 aromatic carbocycles. The summed E-state index contributed by atoms with van der Waals surface area (Å²) in [7, 11) is 0. The van der Waals surface area contributed by atoms with E-state index in [4.69, 9.17) is 9.47 Å². The molecule has 1 aromatic heterocycles. The van der Waals surface area contributed by atoms with Crippen molar-refractivity contribution in [2.75, 3.05) is 0 Å². The molecule has 0 unspecified atom stereocenters. The highest BCUT2D eigenvalue weighted by molar-refractivity contribution is 5.55. The molecule has 1 aliphatic rings. The quantitative estimate of drug-likeness (QED) is 0.654. The third-order valence-electron chi connectivity index (χ3n) is 2.78. The first kappa shape index (κ1) is 12.7. The highest BCUT2D eigenvalue weighted by Gasteiger charge is 2.20. The van der Waals surface area contributed by atoms with Gasteiger partial charge in [-0.05, 0) is 23.6 Å². The molecule has 0 bridgehead atoms. The largest absolute Gasteiger partial charge is 0.448 e. The molecule has 4 heteroatoms. The van der Waals surface area contributed by atoms with Crippen molar-refractivity contribution in [2.24, 2.45) is 5.41 Å². The molecular weight excluding hydrogens is 252 g/mol. The molecule has 0 amide bonds. The Kier molecular flexibility index (Phi) is 2.93. The Labute approximate surface area is 118 Å². The van der Waals surface area contributed by atoms with E-state index in [1.807, 2.05) is 36.4 Å². The molecule has 1 aliphatic heterocycles. The average Bonchev–Trinajstić information content (AvgIpc) is 2.42. The van der Waals surface area contributed by atoms with Crippen LogP contribution in [0.1, 0.15) is 26.5 Å². The zero-order chi connectivity index (χ0) is 14.2. The first-order chi connectivity index (χ1) is 9.51. The first-order valence-corrected chi connectivity index (χ1v) is 6.53. The van der Waals surface area contributed by atoms with Crippen molar-refractivity contribution in [3.8, 4) is 23.1 Å². The average molecular weight is 268 g/mol. The standard InChI is InChI=1S/C16H16N2O2/c1-16(2,3)9-8-11-10-14-15(18-17-11)20-13-7-5-4-6-12(13)19-14/h4-10H,1-3H3/b9-8+. The third kappa shape index (κ3) is 2.64. The number of nitrogens with zero attached hydrogens (tertiary/aromatic N) is 2. The summed E-state index contributed by atoms with van der Waals surface area (Å²) in [4.78, 5) is 0. The molecular formula is C16H16N2O2. The summed E-state index contributed by atoms with van der Waals surface area (Å²) in [5.41, 5.74) is 0.850. The fraction of sp³-hybridized carbons (Fsp3) is 0.250. The summed E-state index contributed by atoms with van der Waals surface area (Å²) in [6.07, 6.45) is 4.03. The minimum absolute atomic E-state index is 0.0987. The Hall–Kier alpha value is -2.36. The molecule has 4 nitrogen and oxygen atoms in total. The van der Waals surface area contributed by atoms with E-state index in [-0.39, 0.29) is 5.41 Å². The Morgan fingerprint density at radius 2 is 1.65 bits per heavy atom. The van der Waals surface area contributed by atoms with Gasteiger partial charge in [-0.1, -0.05) is 39.0 Å². The van der Waals surface area contributed by atoms with Crippen LogP contribution < -0.4 is 9.47 Å². The summed E-state index contributed by atoms with van der Waals surface area (Å²) in [6.45, 7) is 6.39. The maximum atomic E-state index is 5.79. The second-order valence-corrected chi connectivity index (χ2v) is 5.79. The normalized spacial score (nSPS) is 13.3. The lowest BCUT2D eigenvalue weighted by molar-refractivity contribution is 0.343. The van der Waals surface area contributed by atoms with E-state index in [9.17, 15) is 0 Å². The lowest BCUT2D eigenvalue weighted by atomic mass is 9.96. The number of rotatable bonds is 1. The smallest absolute Gasteiger partial charge is 0.282 e. The van der Waals surface area contributed by atoms with E-state index in [0.29, 0.717) is 23.1 Å². The van der Waals surface area contributed by atoms with Crippen LogP contribution in [0.2, 0.25) is 0 Å². The first-order valence-electron chi connectivity index (χ1n) is 6.53. The number of ether oxygens (including phenoxy) is 2. The zero-order valence-corrected chi connectivity index (χ0v) is 11.8. The maximum absolute atomic E-state index is 5.79. The van der Waals surface area contributed by atoms with Crippen LogP contribution in [0, 0.1) is 5.41 Å². The number of aromatic nitrogens is 2. The van der Waals surface area contributed by atoms with Gasteiger partial charge in [0.2, 0.25) is 0 Å². The van der Waals surface area contributed by atoms with E-state index in [2.05, 4.69) is 37.0 Å². The molecule has 0 saturated carbocycles. The Morgan fingerprint density at radius 1 is 0.950 bits per heavy atom. The number of fused-ring (bicyclic) bond motifs is 2. The molecule has 2 heterocycles. The molecule has 0 aliphatic carbocycles. The van der Waals surface area contributed by atoms with Crippen LogP contribution in [0.3, 0.4) is 0 Å². The predicted octanol–water partition coefficient (Wildman–Crippen LogP) is 4.43. The molecule has 2 aromatic rings. The Morgan fingerprint density at radius 3 is 2.35 bits per heavy atom. The fourth-order valence-electron chi connectivity index (χ4n) is 1.78. The van der Waals surface area contributed by atoms with Gasteiger partial charge in [0.1, 0.15) is 0 Å². The van der Waals surface area contributed by atoms with E-state index >= 15 is 0 Å². The maximum Gasteiger partial charge on any atom is 0.282 e. The minimum atomic E-state index is 0.0987. The topological polar surface area (TPSA) is 44.2 Å². The number of hydrogen-bond acceptors (Lipinski definition) is 4. The molecule has 0 saturated heterocycles. The van der Waals surface area contributed by atoms with E-state index < -0.39 is 0 Å². The van der Waals surface area contributed by atoms with Gasteiger partial charge in [0, 0.05) is 6.07 Å².